The van der Waals surface area contributed by atoms with Gasteiger partial charge in [0, 0.05) is 89.2 Å². The fourth-order valence-corrected chi connectivity index (χ4v) is 18.3. The smallest absolute Gasteiger partial charge is 0.222 e. The molecule has 0 atom stereocenters. The average molecular weight is 1410 g/mol. The van der Waals surface area contributed by atoms with Crippen LogP contribution in [0.5, 0.6) is 0 Å². The third-order valence-electron chi connectivity index (χ3n) is 20.7. The van der Waals surface area contributed by atoms with Crippen molar-refractivity contribution in [2.75, 3.05) is 0 Å². The van der Waals surface area contributed by atoms with Crippen molar-refractivity contribution in [3.05, 3.63) is 245 Å². The summed E-state index contributed by atoms with van der Waals surface area (Å²) in [5.74, 6) is -0.662. The molecule has 0 unspecified atom stereocenters. The molecule has 101 heavy (non-hydrogen) atoms. The number of hydrogen-bond acceptors (Lipinski definition) is 3. The minimum Gasteiger partial charge on any atom is -0.264 e. The highest BCUT2D eigenvalue weighted by molar-refractivity contribution is 6.90. The zero-order chi connectivity index (χ0) is 75.3. The van der Waals surface area contributed by atoms with E-state index in [4.69, 9.17) is 2.74 Å². The molecule has 11 heteroatoms. The topological polar surface area (TPSA) is 54.2 Å². The lowest BCUT2D eigenvalue weighted by Gasteiger charge is -2.18. The molecule has 0 spiro atoms. The van der Waals surface area contributed by atoms with E-state index in [9.17, 15) is 0 Å². The number of hydrogen-bond donors (Lipinski definition) is 0. The molecule has 0 bridgehead atoms. The van der Waals surface area contributed by atoms with E-state index in [1.807, 2.05) is 74.8 Å². The molecule has 7 heterocycles. The van der Waals surface area contributed by atoms with Crippen molar-refractivity contribution in [1.29, 1.82) is 0 Å². The summed E-state index contributed by atoms with van der Waals surface area (Å²) in [6.07, 6.45) is 11.9. The number of pyridine rings is 7. The molecule has 0 fully saturated rings. The molecular weight excluding hydrogens is 1290 g/mol. The van der Waals surface area contributed by atoms with Gasteiger partial charge in [0.25, 0.3) is 0 Å². The van der Waals surface area contributed by atoms with Crippen molar-refractivity contribution >= 4 is 96.1 Å². The molecular formula is C90H111N7Si4+4. The highest BCUT2D eigenvalue weighted by atomic mass is 28.3. The summed E-state index contributed by atoms with van der Waals surface area (Å²) in [5.41, 5.74) is 23.1. The second kappa shape index (κ2) is 29.7. The van der Waals surface area contributed by atoms with Gasteiger partial charge >= 0.3 is 0 Å². The van der Waals surface area contributed by atoms with Crippen LogP contribution in [0.4, 0.5) is 0 Å². The first kappa shape index (κ1) is 72.1. The third kappa shape index (κ3) is 16.3. The van der Waals surface area contributed by atoms with E-state index in [0.29, 0.717) is 6.17 Å². The maximum atomic E-state index is 8.56. The van der Waals surface area contributed by atoms with Crippen molar-refractivity contribution in [3.63, 3.8) is 0 Å². The maximum Gasteiger partial charge on any atom is 0.222 e. The van der Waals surface area contributed by atoms with E-state index in [1.165, 1.54) is 143 Å². The van der Waals surface area contributed by atoms with Gasteiger partial charge in [0.1, 0.15) is 29.6 Å². The summed E-state index contributed by atoms with van der Waals surface area (Å²) < 4.78 is 25.9. The number of rotatable bonds is 10. The van der Waals surface area contributed by atoms with Gasteiger partial charge in [0.2, 0.25) is 22.8 Å². The Labute approximate surface area is 611 Å². The molecule has 0 aliphatic carbocycles. The second-order valence-electron chi connectivity index (χ2n) is 32.6. The Bertz CT molecular complexity index is 5250. The Balaban J connectivity index is 0.000000148. The lowest BCUT2D eigenvalue weighted by Crippen LogP contribution is -2.38. The Morgan fingerprint density at radius 2 is 0.772 bits per heavy atom. The van der Waals surface area contributed by atoms with Crippen LogP contribution >= 0.6 is 0 Å². The van der Waals surface area contributed by atoms with E-state index in [-0.39, 0.29) is 0 Å². The van der Waals surface area contributed by atoms with Gasteiger partial charge in [0.15, 0.2) is 23.3 Å². The number of aromatic nitrogens is 7. The zero-order valence-corrected chi connectivity index (χ0v) is 69.5. The fraction of sp³-hybridized carbons (Fsp3) is 0.300. The summed E-state index contributed by atoms with van der Waals surface area (Å²) in [7, 11) is 3.04. The summed E-state index contributed by atoms with van der Waals surface area (Å²) in [6.45, 7) is 49.9. The van der Waals surface area contributed by atoms with E-state index in [1.54, 1.807) is 0 Å². The number of fused-ring (bicyclic) bond motifs is 4. The van der Waals surface area contributed by atoms with E-state index < -0.39 is 38.2 Å². The van der Waals surface area contributed by atoms with Crippen LogP contribution in [0.25, 0.3) is 99.2 Å². The number of benzene rings is 6. The predicted molar refractivity (Wildman–Crippen MR) is 445 cm³/mol. The largest absolute Gasteiger partial charge is 0.264 e. The van der Waals surface area contributed by atoms with E-state index >= 15 is 0 Å². The normalized spacial score (nSPS) is 12.3. The molecule has 518 valence electrons. The molecule has 13 aromatic rings. The zero-order valence-electron chi connectivity index (χ0n) is 67.5. The van der Waals surface area contributed by atoms with Crippen LogP contribution in [-0.4, -0.2) is 47.2 Å². The molecule has 7 nitrogen and oxygen atoms in total. The van der Waals surface area contributed by atoms with Crippen LogP contribution in [0.1, 0.15) is 72.9 Å². The first-order valence-corrected chi connectivity index (χ1v) is 49.8. The highest BCUT2D eigenvalue weighted by Crippen LogP contribution is 2.36. The van der Waals surface area contributed by atoms with Gasteiger partial charge in [-0.05, 0) is 156 Å². The van der Waals surface area contributed by atoms with Gasteiger partial charge in [-0.1, -0.05) is 186 Å². The summed E-state index contributed by atoms with van der Waals surface area (Å²) in [6, 6.07) is 56.1. The van der Waals surface area contributed by atoms with Crippen molar-refractivity contribution in [1.82, 2.24) is 15.0 Å². The summed E-state index contributed by atoms with van der Waals surface area (Å²) in [5, 5.41) is 16.2. The second-order valence-corrected chi connectivity index (χ2v) is 52.9. The molecule has 6 aromatic carbocycles. The first-order chi connectivity index (χ1) is 48.1. The fourth-order valence-electron chi connectivity index (χ4n) is 13.6. The molecule has 0 aliphatic rings. The van der Waals surface area contributed by atoms with Gasteiger partial charge < -0.3 is 0 Å². The Hall–Kier alpha value is -8.72. The van der Waals surface area contributed by atoms with Crippen molar-refractivity contribution in [2.24, 2.45) is 28.2 Å². The van der Waals surface area contributed by atoms with Crippen LogP contribution in [0, 0.1) is 55.4 Å². The van der Waals surface area contributed by atoms with Gasteiger partial charge in [0.05, 0.1) is 76.1 Å². The lowest BCUT2D eigenvalue weighted by atomic mass is 9.91. The average Bonchev–Trinajstić information content (AvgIpc) is 0.771. The molecule has 0 aliphatic heterocycles. The quantitative estimate of drug-likeness (QED) is 0.101. The maximum absolute atomic E-state index is 8.56. The number of aryl methyl sites for hydroxylation is 7. The van der Waals surface area contributed by atoms with Crippen LogP contribution in [0.15, 0.2) is 195 Å². The molecule has 0 saturated heterocycles. The van der Waals surface area contributed by atoms with Gasteiger partial charge in [-0.25, -0.2) is 4.57 Å². The van der Waals surface area contributed by atoms with Crippen LogP contribution in [0.3, 0.4) is 0 Å². The minimum absolute atomic E-state index is 0.503. The standard InChI is InChI=1S/C26H29N2Si.C24H32NSi.2C20H25N2Si/c1-18-9-10-20(21-8-7-13-27-17-21)16-25(18)26-24-12-11-23(29(4,5)6)15-22(24)14-19(2)28(26)3;1-16(2)20-13-17(3)18(4)23(15-20)24-22-10-9-21(26(6,7)8)14-19(22)11-12-25(24)5;1-14-13-21-10-9-18(14)20-19-8-7-17(23(4,5)6)12-16(19)11-15(2)22(20)3;1-14-9-10-21-13-19(14)20-18-8-7-17(23(4,5)6)12-16(18)11-15(2)22(20)3/h7-17H,1-6H3;9-16H,1-8H3;2*7-13H,1-6H3/q4*+1/i;12D,16D;;. The molecule has 7 aromatic heterocycles. The SMILES string of the molecule is Cc1ccc(-c2cccnc2)cc1-c1c2ccc([Si](C)(C)C)cc2cc(C)[n+]1C.Cc1ccncc1-c1c2ccc([Si](C)(C)C)cc2cc(C)[n+]1C.Cc1cnccc1-c1c2ccc([Si](C)(C)C)cc2cc(C)[n+]1C.[2H]c1cc2cc([Si](C)(C)C)ccc2c(-c2cc(C([2H])(C)C)cc(C)c2C)[n+]1C. The molecule has 0 radical (unpaired) electrons. The van der Waals surface area contributed by atoms with E-state index in [2.05, 4.69) is 323 Å². The molecule has 0 N–H and O–H groups in total. The molecule has 13 rings (SSSR count). The van der Waals surface area contributed by atoms with Gasteiger partial charge in [-0.15, -0.1) is 0 Å². The molecule has 0 amide bonds. The van der Waals surface area contributed by atoms with Gasteiger partial charge in [-0.2, -0.15) is 13.7 Å². The van der Waals surface area contributed by atoms with Gasteiger partial charge in [-0.3, -0.25) is 15.0 Å². The van der Waals surface area contributed by atoms with Crippen LogP contribution in [0.2, 0.25) is 78.6 Å². The van der Waals surface area contributed by atoms with E-state index in [0.717, 1.165) is 27.8 Å². The summed E-state index contributed by atoms with van der Waals surface area (Å²) >= 11 is 0. The van der Waals surface area contributed by atoms with Crippen molar-refractivity contribution < 1.29 is 21.0 Å². The lowest BCUT2D eigenvalue weighted by molar-refractivity contribution is -0.665. The Kier molecular flexibility index (Phi) is 21.2. The monoisotopic (exact) mass is 1400 g/mol. The predicted octanol–water partition coefficient (Wildman–Crippen LogP) is 18.9. The van der Waals surface area contributed by atoms with Crippen molar-refractivity contribution in [3.8, 4) is 56.2 Å². The van der Waals surface area contributed by atoms with Crippen LogP contribution in [-0.2, 0) is 28.2 Å². The highest BCUT2D eigenvalue weighted by Gasteiger charge is 2.28. The Morgan fingerprint density at radius 3 is 1.22 bits per heavy atom. The third-order valence-corrected chi connectivity index (χ3v) is 28.9. The Morgan fingerprint density at radius 1 is 0.347 bits per heavy atom. The number of nitrogens with zero attached hydrogens (tertiary/aromatic N) is 7. The van der Waals surface area contributed by atoms with Crippen LogP contribution < -0.4 is 39.0 Å². The first-order valence-electron chi connectivity index (χ1n) is 36.8. The van der Waals surface area contributed by atoms with Crippen molar-refractivity contribution in [2.45, 2.75) is 154 Å². The minimum atomic E-state index is -1.42. The summed E-state index contributed by atoms with van der Waals surface area (Å²) in [4.78, 5) is 12.9. The molecule has 0 saturated carbocycles.